The van der Waals surface area contributed by atoms with Crippen LogP contribution >= 0.6 is 22.6 Å². The Bertz CT molecular complexity index is 806. The minimum atomic E-state index is -0.394. The molecule has 0 fully saturated rings. The molecule has 0 heterocycles. The number of halogens is 1. The Kier molecular flexibility index (Phi) is 6.93. The van der Waals surface area contributed by atoms with Crippen molar-refractivity contribution in [3.8, 4) is 5.75 Å². The van der Waals surface area contributed by atoms with Crippen LogP contribution in [0.2, 0.25) is 0 Å². The number of anilines is 1. The molecule has 130 valence electrons. The van der Waals surface area contributed by atoms with Gasteiger partial charge in [-0.1, -0.05) is 18.2 Å². The lowest BCUT2D eigenvalue weighted by Gasteiger charge is -2.08. The Morgan fingerprint density at radius 3 is 2.64 bits per heavy atom. The van der Waals surface area contributed by atoms with Gasteiger partial charge in [0.1, 0.15) is 5.75 Å². The van der Waals surface area contributed by atoms with Crippen LogP contribution in [0, 0.1) is 3.57 Å². The molecule has 0 bridgehead atoms. The molecule has 0 aromatic heterocycles. The Morgan fingerprint density at radius 2 is 1.92 bits per heavy atom. The van der Waals surface area contributed by atoms with Gasteiger partial charge in [0, 0.05) is 15.0 Å². The van der Waals surface area contributed by atoms with Gasteiger partial charge in [-0.15, -0.1) is 0 Å². The highest BCUT2D eigenvalue weighted by atomic mass is 127. The second kappa shape index (κ2) is 9.16. The summed E-state index contributed by atoms with van der Waals surface area (Å²) in [6.45, 7) is 1.68. The van der Waals surface area contributed by atoms with Crippen LogP contribution in [-0.2, 0) is 4.79 Å². The van der Waals surface area contributed by atoms with E-state index in [1.54, 1.807) is 31.2 Å². The summed E-state index contributed by atoms with van der Waals surface area (Å²) in [5.74, 6) is -0.131. The number of para-hydroxylation sites is 1. The normalized spacial score (nSPS) is 10.9. The van der Waals surface area contributed by atoms with Crippen molar-refractivity contribution in [3.63, 3.8) is 0 Å². The maximum Gasteiger partial charge on any atom is 0.275 e. The van der Waals surface area contributed by atoms with Crippen LogP contribution in [0.25, 0.3) is 0 Å². The molecule has 0 aliphatic rings. The van der Waals surface area contributed by atoms with Crippen molar-refractivity contribution in [1.29, 1.82) is 0 Å². The average Bonchev–Trinajstić information content (AvgIpc) is 2.59. The SMILES string of the molecule is COc1ccccc1C(=O)NN=C(C)CC(=O)Nc1cccc(I)c1. The van der Waals surface area contributed by atoms with Gasteiger partial charge in [0.15, 0.2) is 0 Å². The summed E-state index contributed by atoms with van der Waals surface area (Å²) in [6.07, 6.45) is 0.0810. The molecule has 2 rings (SSSR count). The van der Waals surface area contributed by atoms with Crippen molar-refractivity contribution in [2.24, 2.45) is 5.10 Å². The van der Waals surface area contributed by atoms with E-state index in [2.05, 4.69) is 38.4 Å². The third-order valence-electron chi connectivity index (χ3n) is 3.22. The number of carbonyl (C=O) groups excluding carboxylic acids is 2. The van der Waals surface area contributed by atoms with E-state index >= 15 is 0 Å². The number of carbonyl (C=O) groups is 2. The smallest absolute Gasteiger partial charge is 0.275 e. The first-order chi connectivity index (χ1) is 12.0. The highest BCUT2D eigenvalue weighted by Gasteiger charge is 2.11. The van der Waals surface area contributed by atoms with Crippen LogP contribution in [0.3, 0.4) is 0 Å². The van der Waals surface area contributed by atoms with E-state index < -0.39 is 5.91 Å². The fourth-order valence-corrected chi connectivity index (χ4v) is 2.63. The molecule has 2 aromatic carbocycles. The molecule has 0 atom stereocenters. The zero-order chi connectivity index (χ0) is 18.2. The number of hydrazone groups is 1. The maximum absolute atomic E-state index is 12.1. The van der Waals surface area contributed by atoms with Gasteiger partial charge >= 0.3 is 0 Å². The summed E-state index contributed by atoms with van der Waals surface area (Å²) in [7, 11) is 1.50. The third kappa shape index (κ3) is 5.86. The quantitative estimate of drug-likeness (QED) is 0.401. The first-order valence-corrected chi connectivity index (χ1v) is 8.59. The molecule has 0 unspecified atom stereocenters. The third-order valence-corrected chi connectivity index (χ3v) is 3.90. The van der Waals surface area contributed by atoms with E-state index in [9.17, 15) is 9.59 Å². The summed E-state index contributed by atoms with van der Waals surface area (Å²) in [5.41, 5.74) is 4.04. The minimum absolute atomic E-state index is 0.0810. The number of benzene rings is 2. The largest absolute Gasteiger partial charge is 0.496 e. The fourth-order valence-electron chi connectivity index (χ4n) is 2.08. The molecule has 6 nitrogen and oxygen atoms in total. The van der Waals surface area contributed by atoms with Crippen LogP contribution in [0.1, 0.15) is 23.7 Å². The molecule has 0 saturated carbocycles. The second-order valence-electron chi connectivity index (χ2n) is 5.22. The summed E-state index contributed by atoms with van der Waals surface area (Å²) >= 11 is 2.18. The van der Waals surface area contributed by atoms with Gasteiger partial charge in [-0.2, -0.15) is 5.10 Å². The van der Waals surface area contributed by atoms with Gasteiger partial charge < -0.3 is 10.1 Å². The molecule has 7 heteroatoms. The number of hydrogen-bond donors (Lipinski definition) is 2. The lowest BCUT2D eigenvalue weighted by molar-refractivity contribution is -0.115. The molecule has 0 aliphatic heterocycles. The Hall–Kier alpha value is -2.42. The molecular weight excluding hydrogens is 433 g/mol. The summed E-state index contributed by atoms with van der Waals surface area (Å²) in [4.78, 5) is 24.2. The lowest BCUT2D eigenvalue weighted by atomic mass is 10.2. The molecule has 2 N–H and O–H groups in total. The standard InChI is InChI=1S/C18H18IN3O3/c1-12(10-17(23)20-14-7-5-6-13(19)11-14)21-22-18(24)15-8-3-4-9-16(15)25-2/h3-9,11H,10H2,1-2H3,(H,20,23)(H,22,24). The highest BCUT2D eigenvalue weighted by molar-refractivity contribution is 14.1. The summed E-state index contributed by atoms with van der Waals surface area (Å²) in [6, 6.07) is 14.3. The van der Waals surface area contributed by atoms with E-state index in [1.165, 1.54) is 7.11 Å². The molecule has 2 amide bonds. The molecule has 0 spiro atoms. The van der Waals surface area contributed by atoms with Crippen molar-refractivity contribution in [2.75, 3.05) is 12.4 Å². The van der Waals surface area contributed by atoms with Gasteiger partial charge in [-0.25, -0.2) is 5.43 Å². The predicted octanol–water partition coefficient (Wildman–Crippen LogP) is 3.43. The molecule has 2 aromatic rings. The van der Waals surface area contributed by atoms with E-state index in [1.807, 2.05) is 24.3 Å². The maximum atomic E-state index is 12.1. The van der Waals surface area contributed by atoms with Crippen LogP contribution in [0.15, 0.2) is 53.6 Å². The molecular formula is C18H18IN3O3. The number of ether oxygens (including phenoxy) is 1. The van der Waals surface area contributed by atoms with Gasteiger partial charge in [0.05, 0.1) is 19.1 Å². The van der Waals surface area contributed by atoms with E-state index in [0.717, 1.165) is 9.26 Å². The molecule has 0 aliphatic carbocycles. The van der Waals surface area contributed by atoms with E-state index in [-0.39, 0.29) is 12.3 Å². The van der Waals surface area contributed by atoms with Crippen LogP contribution in [0.5, 0.6) is 5.75 Å². The van der Waals surface area contributed by atoms with Crippen LogP contribution < -0.4 is 15.5 Å². The number of amides is 2. The van der Waals surface area contributed by atoms with Crippen molar-refractivity contribution in [3.05, 3.63) is 57.7 Å². The zero-order valence-corrected chi connectivity index (χ0v) is 16.0. The lowest BCUT2D eigenvalue weighted by Crippen LogP contribution is -2.22. The topological polar surface area (TPSA) is 79.8 Å². The predicted molar refractivity (Wildman–Crippen MR) is 106 cm³/mol. The fraction of sp³-hybridized carbons (Fsp3) is 0.167. The number of nitrogens with zero attached hydrogens (tertiary/aromatic N) is 1. The summed E-state index contributed by atoms with van der Waals surface area (Å²) < 4.78 is 6.17. The van der Waals surface area contributed by atoms with E-state index in [4.69, 9.17) is 4.74 Å². The van der Waals surface area contributed by atoms with Crippen molar-refractivity contribution < 1.29 is 14.3 Å². The first kappa shape index (κ1) is 18.9. The highest BCUT2D eigenvalue weighted by Crippen LogP contribution is 2.16. The number of methoxy groups -OCH3 is 1. The number of nitrogens with one attached hydrogen (secondary N) is 2. The Balaban J connectivity index is 1.92. The Morgan fingerprint density at radius 1 is 1.16 bits per heavy atom. The first-order valence-electron chi connectivity index (χ1n) is 7.51. The second-order valence-corrected chi connectivity index (χ2v) is 6.47. The Labute approximate surface area is 159 Å². The van der Waals surface area contributed by atoms with Crippen LogP contribution in [-0.4, -0.2) is 24.6 Å². The van der Waals surface area contributed by atoms with Crippen molar-refractivity contribution in [2.45, 2.75) is 13.3 Å². The summed E-state index contributed by atoms with van der Waals surface area (Å²) in [5, 5.41) is 6.77. The van der Waals surface area contributed by atoms with Crippen LogP contribution in [0.4, 0.5) is 5.69 Å². The monoisotopic (exact) mass is 451 g/mol. The van der Waals surface area contributed by atoms with Gasteiger partial charge in [-0.3, -0.25) is 9.59 Å². The van der Waals surface area contributed by atoms with Gasteiger partial charge in [0.2, 0.25) is 5.91 Å². The van der Waals surface area contributed by atoms with E-state index in [0.29, 0.717) is 17.0 Å². The van der Waals surface area contributed by atoms with Gasteiger partial charge in [-0.05, 0) is 59.8 Å². The molecule has 0 saturated heterocycles. The van der Waals surface area contributed by atoms with Gasteiger partial charge in [0.25, 0.3) is 5.91 Å². The number of rotatable bonds is 6. The number of hydrogen-bond acceptors (Lipinski definition) is 4. The minimum Gasteiger partial charge on any atom is -0.496 e. The average molecular weight is 451 g/mol. The van der Waals surface area contributed by atoms with Crippen molar-refractivity contribution >= 4 is 45.8 Å². The molecule has 25 heavy (non-hydrogen) atoms. The zero-order valence-electron chi connectivity index (χ0n) is 13.9. The van der Waals surface area contributed by atoms with Crippen molar-refractivity contribution in [1.82, 2.24) is 5.43 Å². The molecule has 0 radical (unpaired) electrons.